The van der Waals surface area contributed by atoms with Crippen LogP contribution in [0.1, 0.15) is 56.1 Å². The average Bonchev–Trinajstić information content (AvgIpc) is 3.76. The van der Waals surface area contributed by atoms with Crippen LogP contribution in [0.15, 0.2) is 60.8 Å². The third-order valence-electron chi connectivity index (χ3n) is 9.28. The Balaban J connectivity index is 1.19. The molecule has 2 saturated carbocycles. The van der Waals surface area contributed by atoms with Crippen molar-refractivity contribution in [1.29, 1.82) is 0 Å². The second kappa shape index (κ2) is 12.8. The Hall–Kier alpha value is -3.16. The summed E-state index contributed by atoms with van der Waals surface area (Å²) < 4.78 is 7.60. The fraction of sp³-hybridized carbons (Fsp3) is 0.529. The van der Waals surface area contributed by atoms with E-state index in [1.54, 1.807) is 7.11 Å². The lowest BCUT2D eigenvalue weighted by atomic mass is 9.83. The summed E-state index contributed by atoms with van der Waals surface area (Å²) in [4.78, 5) is 32.0. The van der Waals surface area contributed by atoms with E-state index in [1.165, 1.54) is 16.5 Å². The number of aryl methyl sites for hydroxylation is 1. The number of methoxy groups -OCH3 is 1. The van der Waals surface area contributed by atoms with Crippen molar-refractivity contribution >= 4 is 22.7 Å². The maximum absolute atomic E-state index is 14.2. The smallest absolute Gasteiger partial charge is 0.227 e. The number of benzene rings is 2. The van der Waals surface area contributed by atoms with Crippen molar-refractivity contribution in [3.8, 4) is 0 Å². The Morgan fingerprint density at radius 2 is 1.61 bits per heavy atom. The number of fused-ring (bicyclic) bond motifs is 1. The topological polar surface area (TPSA) is 66.8 Å². The molecule has 0 unspecified atom stereocenters. The summed E-state index contributed by atoms with van der Waals surface area (Å²) in [5, 5.41) is 4.77. The fourth-order valence-corrected chi connectivity index (χ4v) is 6.61. The number of rotatable bonds is 12. The lowest BCUT2D eigenvalue weighted by molar-refractivity contribution is -0.145. The van der Waals surface area contributed by atoms with Gasteiger partial charge in [-0.25, -0.2) is 0 Å². The van der Waals surface area contributed by atoms with Crippen molar-refractivity contribution in [2.24, 2.45) is 11.8 Å². The number of hydrogen-bond donors (Lipinski definition) is 1. The van der Waals surface area contributed by atoms with Gasteiger partial charge in [-0.3, -0.25) is 9.59 Å². The minimum atomic E-state index is -0.128. The van der Waals surface area contributed by atoms with E-state index in [0.717, 1.165) is 70.2 Å². The summed E-state index contributed by atoms with van der Waals surface area (Å²) in [5.41, 5.74) is 3.58. The van der Waals surface area contributed by atoms with Crippen molar-refractivity contribution in [2.45, 2.75) is 76.7 Å². The molecule has 0 radical (unpaired) electrons. The van der Waals surface area contributed by atoms with Gasteiger partial charge in [0.15, 0.2) is 0 Å². The van der Waals surface area contributed by atoms with Crippen molar-refractivity contribution in [1.82, 2.24) is 19.7 Å². The number of amides is 2. The number of aromatic nitrogens is 1. The lowest BCUT2D eigenvalue weighted by Gasteiger charge is -2.41. The van der Waals surface area contributed by atoms with Crippen LogP contribution in [0.2, 0.25) is 0 Å². The average molecular weight is 557 g/mol. The van der Waals surface area contributed by atoms with Crippen molar-refractivity contribution in [3.63, 3.8) is 0 Å². The van der Waals surface area contributed by atoms with Gasteiger partial charge in [0.05, 0.1) is 5.92 Å². The van der Waals surface area contributed by atoms with Gasteiger partial charge in [-0.1, -0.05) is 55.0 Å². The molecule has 41 heavy (non-hydrogen) atoms. The first-order chi connectivity index (χ1) is 20.1. The number of piperidine rings is 1. The van der Waals surface area contributed by atoms with E-state index in [0.29, 0.717) is 25.7 Å². The van der Waals surface area contributed by atoms with Gasteiger partial charge in [0.2, 0.25) is 11.8 Å². The molecule has 2 amide bonds. The van der Waals surface area contributed by atoms with Crippen molar-refractivity contribution < 1.29 is 14.3 Å². The zero-order valence-corrected chi connectivity index (χ0v) is 24.3. The highest BCUT2D eigenvalue weighted by atomic mass is 16.5. The zero-order valence-electron chi connectivity index (χ0n) is 24.3. The molecule has 1 N–H and O–H groups in total. The number of para-hydroxylation sites is 1. The third-order valence-corrected chi connectivity index (χ3v) is 9.28. The SMILES string of the molecule is COCCCn1cc(CN(C(=O)[C@H]2CNC[C@@H](N(Cc3ccccc3)C(=O)C3CCC3)C2)C2CC2)c2ccccc21. The quantitative estimate of drug-likeness (QED) is 0.320. The summed E-state index contributed by atoms with van der Waals surface area (Å²) in [6.07, 6.45) is 9.17. The molecule has 3 aromatic rings. The summed E-state index contributed by atoms with van der Waals surface area (Å²) >= 11 is 0. The normalized spacial score (nSPS) is 21.0. The second-order valence-electron chi connectivity index (χ2n) is 12.2. The molecule has 1 aliphatic heterocycles. The molecule has 1 aromatic heterocycles. The van der Waals surface area contributed by atoms with Crippen LogP contribution in [0.3, 0.4) is 0 Å². The molecule has 6 rings (SSSR count). The zero-order chi connectivity index (χ0) is 28.2. The molecular formula is C34H44N4O3. The van der Waals surface area contributed by atoms with Crippen LogP contribution in [-0.4, -0.2) is 65.1 Å². The predicted molar refractivity (Wildman–Crippen MR) is 161 cm³/mol. The monoisotopic (exact) mass is 556 g/mol. The molecule has 0 bridgehead atoms. The van der Waals surface area contributed by atoms with Gasteiger partial charge < -0.3 is 24.4 Å². The van der Waals surface area contributed by atoms with Gasteiger partial charge >= 0.3 is 0 Å². The molecule has 218 valence electrons. The molecular weight excluding hydrogens is 512 g/mol. The van der Waals surface area contributed by atoms with Crippen LogP contribution in [0.25, 0.3) is 10.9 Å². The molecule has 0 spiro atoms. The van der Waals surface area contributed by atoms with E-state index in [2.05, 4.69) is 62.3 Å². The van der Waals surface area contributed by atoms with Gasteiger partial charge in [0, 0.05) is 81.5 Å². The first kappa shape index (κ1) is 28.0. The first-order valence-electron chi connectivity index (χ1n) is 15.5. The molecule has 2 aromatic carbocycles. The van der Waals surface area contributed by atoms with Crippen LogP contribution >= 0.6 is 0 Å². The minimum Gasteiger partial charge on any atom is -0.385 e. The Morgan fingerprint density at radius 3 is 2.34 bits per heavy atom. The van der Waals surface area contributed by atoms with E-state index < -0.39 is 0 Å². The summed E-state index contributed by atoms with van der Waals surface area (Å²) in [5.74, 6) is 0.507. The second-order valence-corrected chi connectivity index (χ2v) is 12.2. The van der Waals surface area contributed by atoms with Crippen LogP contribution in [0.5, 0.6) is 0 Å². The molecule has 3 fully saturated rings. The minimum absolute atomic E-state index is 0.0229. The highest BCUT2D eigenvalue weighted by Gasteiger charge is 2.41. The molecule has 7 heteroatoms. The van der Waals surface area contributed by atoms with Gasteiger partial charge in [0.1, 0.15) is 0 Å². The molecule has 1 saturated heterocycles. The third kappa shape index (κ3) is 6.36. The Bertz CT molecular complexity index is 1330. The molecule has 2 aliphatic carbocycles. The summed E-state index contributed by atoms with van der Waals surface area (Å²) in [6.45, 7) is 4.29. The molecule has 3 aliphatic rings. The van der Waals surface area contributed by atoms with E-state index >= 15 is 0 Å². The highest BCUT2D eigenvalue weighted by Crippen LogP contribution is 2.35. The Labute approximate surface area is 243 Å². The number of carbonyl (C=O) groups is 2. The maximum atomic E-state index is 14.2. The lowest BCUT2D eigenvalue weighted by Crippen LogP contribution is -2.55. The highest BCUT2D eigenvalue weighted by molar-refractivity contribution is 5.85. The van der Waals surface area contributed by atoms with Crippen LogP contribution in [-0.2, 0) is 34.0 Å². The van der Waals surface area contributed by atoms with Gasteiger partial charge in [-0.15, -0.1) is 0 Å². The van der Waals surface area contributed by atoms with Crippen LogP contribution < -0.4 is 5.32 Å². The summed E-state index contributed by atoms with van der Waals surface area (Å²) in [7, 11) is 1.74. The number of nitrogens with one attached hydrogen (secondary N) is 1. The number of hydrogen-bond acceptors (Lipinski definition) is 4. The molecule has 2 atom stereocenters. The largest absolute Gasteiger partial charge is 0.385 e. The van der Waals surface area contributed by atoms with Crippen molar-refractivity contribution in [3.05, 3.63) is 71.9 Å². The van der Waals surface area contributed by atoms with Gasteiger partial charge in [-0.2, -0.15) is 0 Å². The van der Waals surface area contributed by atoms with E-state index in [9.17, 15) is 9.59 Å². The Morgan fingerprint density at radius 1 is 0.878 bits per heavy atom. The predicted octanol–water partition coefficient (Wildman–Crippen LogP) is 4.98. The standard InChI is InChI=1S/C34H44N4O3/c1-41-18-8-17-36-23-28(31-13-5-6-14-32(31)36)24-38(29-15-16-29)34(40)27-19-30(21-35-20-27)37(33(39)26-11-7-12-26)22-25-9-3-2-4-10-25/h2-6,9-10,13-14,23,26-27,29-30,35H,7-8,11-12,15-22,24H2,1H3/t27-,30+/m1/s1. The van der Waals surface area contributed by atoms with Crippen LogP contribution in [0.4, 0.5) is 0 Å². The molecule has 2 heterocycles. The number of ether oxygens (including phenoxy) is 1. The van der Waals surface area contributed by atoms with Crippen molar-refractivity contribution in [2.75, 3.05) is 26.8 Å². The summed E-state index contributed by atoms with van der Waals surface area (Å²) in [6, 6.07) is 19.1. The Kier molecular flexibility index (Phi) is 8.73. The van der Waals surface area contributed by atoms with E-state index in [1.807, 2.05) is 18.2 Å². The van der Waals surface area contributed by atoms with Gasteiger partial charge in [0.25, 0.3) is 0 Å². The van der Waals surface area contributed by atoms with Gasteiger partial charge in [-0.05, 0) is 55.7 Å². The number of nitrogens with zero attached hydrogens (tertiary/aromatic N) is 3. The van der Waals surface area contributed by atoms with Crippen LogP contribution in [0, 0.1) is 11.8 Å². The van der Waals surface area contributed by atoms with E-state index in [-0.39, 0.29) is 29.7 Å². The number of carbonyl (C=O) groups excluding carboxylic acids is 2. The van der Waals surface area contributed by atoms with E-state index in [4.69, 9.17) is 4.74 Å². The maximum Gasteiger partial charge on any atom is 0.227 e. The molecule has 7 nitrogen and oxygen atoms in total. The fourth-order valence-electron chi connectivity index (χ4n) is 6.61. The first-order valence-corrected chi connectivity index (χ1v) is 15.5.